The van der Waals surface area contributed by atoms with Gasteiger partial charge < -0.3 is 5.32 Å². The van der Waals surface area contributed by atoms with Crippen molar-refractivity contribution in [3.8, 4) is 0 Å². The average molecular weight is 265 g/mol. The average Bonchev–Trinajstić information content (AvgIpc) is 2.80. The molecule has 1 N–H and O–H groups in total. The molecule has 1 fully saturated rings. The van der Waals surface area contributed by atoms with Crippen molar-refractivity contribution in [3.05, 3.63) is 22.4 Å². The van der Waals surface area contributed by atoms with Crippen LogP contribution in [-0.2, 0) is 6.42 Å². The first-order valence-corrected chi connectivity index (χ1v) is 8.52. The largest absolute Gasteiger partial charge is 0.314 e. The molecular weight excluding hydrogens is 238 g/mol. The predicted octanol–water partition coefficient (Wildman–Crippen LogP) is 4.63. The van der Waals surface area contributed by atoms with Gasteiger partial charge in [0.15, 0.2) is 0 Å². The van der Waals surface area contributed by atoms with Crippen LogP contribution in [0.3, 0.4) is 0 Å². The molecule has 102 valence electrons. The van der Waals surface area contributed by atoms with E-state index in [-0.39, 0.29) is 0 Å². The normalized spacial score (nSPS) is 24.9. The zero-order valence-corrected chi connectivity index (χ0v) is 12.5. The molecule has 0 aromatic carbocycles. The Bertz CT molecular complexity index is 307. The van der Waals surface area contributed by atoms with Crippen molar-refractivity contribution in [2.45, 2.75) is 64.3 Å². The van der Waals surface area contributed by atoms with Crippen LogP contribution in [0.2, 0.25) is 0 Å². The van der Waals surface area contributed by atoms with Crippen molar-refractivity contribution >= 4 is 11.3 Å². The first-order valence-electron chi connectivity index (χ1n) is 7.64. The predicted molar refractivity (Wildman–Crippen MR) is 81.3 cm³/mol. The number of aryl methyl sites for hydroxylation is 1. The molecule has 1 aromatic heterocycles. The van der Waals surface area contributed by atoms with E-state index in [1.54, 1.807) is 4.88 Å². The molecular formula is C16H27NS. The second kappa shape index (κ2) is 7.96. The van der Waals surface area contributed by atoms with E-state index in [0.717, 1.165) is 12.0 Å². The van der Waals surface area contributed by atoms with Gasteiger partial charge in [0, 0.05) is 10.9 Å². The van der Waals surface area contributed by atoms with Crippen molar-refractivity contribution in [1.29, 1.82) is 0 Å². The fraction of sp³-hybridized carbons (Fsp3) is 0.750. The molecule has 2 unspecified atom stereocenters. The minimum Gasteiger partial charge on any atom is -0.314 e. The summed E-state index contributed by atoms with van der Waals surface area (Å²) in [5.74, 6) is 0.948. The molecule has 0 spiro atoms. The lowest BCUT2D eigenvalue weighted by Crippen LogP contribution is -2.30. The summed E-state index contributed by atoms with van der Waals surface area (Å²) in [6, 6.07) is 5.26. The van der Waals surface area contributed by atoms with Crippen LogP contribution >= 0.6 is 11.3 Å². The van der Waals surface area contributed by atoms with Crippen LogP contribution in [0.25, 0.3) is 0 Å². The summed E-state index contributed by atoms with van der Waals surface area (Å²) in [7, 11) is 0. The molecule has 1 saturated carbocycles. The molecule has 1 aromatic rings. The lowest BCUT2D eigenvalue weighted by Gasteiger charge is -2.21. The summed E-state index contributed by atoms with van der Waals surface area (Å²) in [5, 5.41) is 5.94. The van der Waals surface area contributed by atoms with Crippen LogP contribution in [0.1, 0.15) is 56.7 Å². The standard InChI is InChI=1S/C16H27NS/c1-2-11-17-15-7-4-3-6-14(13-15)9-10-16-8-5-12-18-16/h5,8,12,14-15,17H,2-4,6-7,9-11,13H2,1H3. The third kappa shape index (κ3) is 4.74. The van der Waals surface area contributed by atoms with Gasteiger partial charge in [0.2, 0.25) is 0 Å². The molecule has 0 radical (unpaired) electrons. The summed E-state index contributed by atoms with van der Waals surface area (Å²) in [6.45, 7) is 3.46. The van der Waals surface area contributed by atoms with Crippen molar-refractivity contribution in [1.82, 2.24) is 5.32 Å². The zero-order chi connectivity index (χ0) is 12.6. The molecule has 2 heteroatoms. The fourth-order valence-electron chi connectivity index (χ4n) is 3.06. The van der Waals surface area contributed by atoms with E-state index in [0.29, 0.717) is 0 Å². The molecule has 0 amide bonds. The van der Waals surface area contributed by atoms with E-state index < -0.39 is 0 Å². The Hall–Kier alpha value is -0.340. The molecule has 0 saturated heterocycles. The van der Waals surface area contributed by atoms with E-state index in [1.807, 2.05) is 11.3 Å². The maximum atomic E-state index is 3.74. The molecule has 1 heterocycles. The monoisotopic (exact) mass is 265 g/mol. The van der Waals surface area contributed by atoms with E-state index in [9.17, 15) is 0 Å². The Morgan fingerprint density at radius 1 is 1.33 bits per heavy atom. The highest BCUT2D eigenvalue weighted by Gasteiger charge is 2.19. The minimum atomic E-state index is 0.792. The van der Waals surface area contributed by atoms with E-state index in [1.165, 1.54) is 57.9 Å². The van der Waals surface area contributed by atoms with Crippen LogP contribution in [0.5, 0.6) is 0 Å². The SMILES string of the molecule is CCCNC1CCCCC(CCc2cccs2)C1. The van der Waals surface area contributed by atoms with Crippen molar-refractivity contribution in [3.63, 3.8) is 0 Å². The molecule has 2 rings (SSSR count). The Morgan fingerprint density at radius 3 is 3.00 bits per heavy atom. The van der Waals surface area contributed by atoms with Gasteiger partial charge in [-0.1, -0.05) is 32.3 Å². The maximum absolute atomic E-state index is 3.74. The van der Waals surface area contributed by atoms with Gasteiger partial charge >= 0.3 is 0 Å². The minimum absolute atomic E-state index is 0.792. The zero-order valence-electron chi connectivity index (χ0n) is 11.7. The third-order valence-corrected chi connectivity index (χ3v) is 5.03. The van der Waals surface area contributed by atoms with Gasteiger partial charge in [-0.05, 0) is 56.0 Å². The first-order chi connectivity index (χ1) is 8.88. The highest BCUT2D eigenvalue weighted by atomic mass is 32.1. The molecule has 18 heavy (non-hydrogen) atoms. The van der Waals surface area contributed by atoms with Crippen molar-refractivity contribution < 1.29 is 0 Å². The highest BCUT2D eigenvalue weighted by molar-refractivity contribution is 7.09. The second-order valence-electron chi connectivity index (χ2n) is 5.66. The summed E-state index contributed by atoms with van der Waals surface area (Å²) < 4.78 is 0. The Labute approximate surface area is 116 Å². The topological polar surface area (TPSA) is 12.0 Å². The Morgan fingerprint density at radius 2 is 2.22 bits per heavy atom. The van der Waals surface area contributed by atoms with Gasteiger partial charge in [0.1, 0.15) is 0 Å². The molecule has 0 aliphatic heterocycles. The molecule has 2 atom stereocenters. The number of nitrogens with one attached hydrogen (secondary N) is 1. The van der Waals surface area contributed by atoms with Gasteiger partial charge in [0.25, 0.3) is 0 Å². The quantitative estimate of drug-likeness (QED) is 0.740. The molecule has 1 nitrogen and oxygen atoms in total. The van der Waals surface area contributed by atoms with E-state index in [4.69, 9.17) is 0 Å². The van der Waals surface area contributed by atoms with Gasteiger partial charge in [-0.25, -0.2) is 0 Å². The van der Waals surface area contributed by atoms with Gasteiger partial charge in [0.05, 0.1) is 0 Å². The summed E-state index contributed by atoms with van der Waals surface area (Å²) >= 11 is 1.92. The number of hydrogen-bond donors (Lipinski definition) is 1. The number of thiophene rings is 1. The van der Waals surface area contributed by atoms with Crippen LogP contribution in [-0.4, -0.2) is 12.6 Å². The smallest absolute Gasteiger partial charge is 0.00697 e. The second-order valence-corrected chi connectivity index (χ2v) is 6.69. The third-order valence-electron chi connectivity index (χ3n) is 4.09. The van der Waals surface area contributed by atoms with Crippen LogP contribution in [0.4, 0.5) is 0 Å². The van der Waals surface area contributed by atoms with Crippen LogP contribution in [0, 0.1) is 5.92 Å². The van der Waals surface area contributed by atoms with Crippen LogP contribution < -0.4 is 5.32 Å². The van der Waals surface area contributed by atoms with Gasteiger partial charge in [-0.3, -0.25) is 0 Å². The maximum Gasteiger partial charge on any atom is 0.00697 e. The van der Waals surface area contributed by atoms with Crippen molar-refractivity contribution in [2.24, 2.45) is 5.92 Å². The first kappa shape index (κ1) is 14.1. The Balaban J connectivity index is 1.75. The van der Waals surface area contributed by atoms with Gasteiger partial charge in [-0.15, -0.1) is 11.3 Å². The number of rotatable bonds is 6. The fourth-order valence-corrected chi connectivity index (χ4v) is 3.78. The summed E-state index contributed by atoms with van der Waals surface area (Å²) in [5.41, 5.74) is 0. The van der Waals surface area contributed by atoms with E-state index >= 15 is 0 Å². The lowest BCUT2D eigenvalue weighted by molar-refractivity contribution is 0.369. The summed E-state index contributed by atoms with van der Waals surface area (Å²) in [6.07, 6.45) is 11.1. The van der Waals surface area contributed by atoms with Gasteiger partial charge in [-0.2, -0.15) is 0 Å². The molecule has 1 aliphatic rings. The molecule has 1 aliphatic carbocycles. The lowest BCUT2D eigenvalue weighted by atomic mass is 9.93. The van der Waals surface area contributed by atoms with Crippen LogP contribution in [0.15, 0.2) is 17.5 Å². The number of hydrogen-bond acceptors (Lipinski definition) is 2. The summed E-state index contributed by atoms with van der Waals surface area (Å²) in [4.78, 5) is 1.57. The highest BCUT2D eigenvalue weighted by Crippen LogP contribution is 2.27. The Kier molecular flexibility index (Phi) is 6.22. The van der Waals surface area contributed by atoms with E-state index in [2.05, 4.69) is 29.8 Å². The van der Waals surface area contributed by atoms with Crippen molar-refractivity contribution in [2.75, 3.05) is 6.54 Å². The molecule has 0 bridgehead atoms.